The zero-order valence-electron chi connectivity index (χ0n) is 15.4. The summed E-state index contributed by atoms with van der Waals surface area (Å²) in [5.41, 5.74) is 0.0581. The highest BCUT2D eigenvalue weighted by Crippen LogP contribution is 2.23. The van der Waals surface area contributed by atoms with Gasteiger partial charge in [0, 0.05) is 13.1 Å². The van der Waals surface area contributed by atoms with Crippen LogP contribution < -0.4 is 10.1 Å². The van der Waals surface area contributed by atoms with Crippen LogP contribution in [0.3, 0.4) is 0 Å². The molecular weight excluding hydrogens is 423 g/mol. The molecule has 0 aliphatic carbocycles. The average molecular weight is 443 g/mol. The van der Waals surface area contributed by atoms with Crippen LogP contribution in [0.1, 0.15) is 10.4 Å². The quantitative estimate of drug-likeness (QED) is 0.665. The number of amides is 1. The van der Waals surface area contributed by atoms with Gasteiger partial charge in [0.2, 0.25) is 10.0 Å². The number of carbonyl (C=O) groups is 1. The second-order valence-electron chi connectivity index (χ2n) is 6.22. The Labute approximate surface area is 173 Å². The predicted molar refractivity (Wildman–Crippen MR) is 105 cm³/mol. The van der Waals surface area contributed by atoms with E-state index in [0.29, 0.717) is 19.0 Å². The summed E-state index contributed by atoms with van der Waals surface area (Å²) in [6.45, 7) is 1.48. The lowest BCUT2D eigenvalue weighted by Gasteiger charge is -2.26. The lowest BCUT2D eigenvalue weighted by atomic mass is 10.2. The van der Waals surface area contributed by atoms with Crippen molar-refractivity contribution in [2.75, 3.05) is 39.5 Å². The van der Waals surface area contributed by atoms with E-state index < -0.39 is 15.9 Å². The molecule has 2 aromatic carbocycles. The van der Waals surface area contributed by atoms with Crippen LogP contribution in [0.2, 0.25) is 5.02 Å². The Balaban J connectivity index is 1.62. The zero-order chi connectivity index (χ0) is 20.9. The molecule has 0 spiro atoms. The minimum absolute atomic E-state index is 0.00323. The normalized spacial score (nSPS) is 15.1. The van der Waals surface area contributed by atoms with Crippen LogP contribution in [0.15, 0.2) is 47.4 Å². The Kier molecular flexibility index (Phi) is 7.07. The predicted octanol–water partition coefficient (Wildman–Crippen LogP) is 2.31. The Morgan fingerprint density at radius 2 is 1.86 bits per heavy atom. The minimum atomic E-state index is -3.74. The third kappa shape index (κ3) is 5.45. The highest BCUT2D eigenvalue weighted by molar-refractivity contribution is 7.89. The summed E-state index contributed by atoms with van der Waals surface area (Å²) < 4.78 is 50.3. The van der Waals surface area contributed by atoms with Gasteiger partial charge in [0.05, 0.1) is 35.2 Å². The van der Waals surface area contributed by atoms with Gasteiger partial charge in [-0.2, -0.15) is 4.31 Å². The van der Waals surface area contributed by atoms with Gasteiger partial charge >= 0.3 is 0 Å². The topological polar surface area (TPSA) is 84.9 Å². The van der Waals surface area contributed by atoms with E-state index in [4.69, 9.17) is 21.1 Å². The number of nitrogens with zero attached hydrogens (tertiary/aromatic N) is 1. The minimum Gasteiger partial charge on any atom is -0.492 e. The Bertz CT molecular complexity index is 963. The van der Waals surface area contributed by atoms with Gasteiger partial charge < -0.3 is 14.8 Å². The molecule has 0 bridgehead atoms. The number of benzene rings is 2. The lowest BCUT2D eigenvalue weighted by Crippen LogP contribution is -2.40. The van der Waals surface area contributed by atoms with E-state index in [9.17, 15) is 17.6 Å². The van der Waals surface area contributed by atoms with Crippen LogP contribution >= 0.6 is 11.6 Å². The molecule has 0 saturated carbocycles. The number of hydrogen-bond acceptors (Lipinski definition) is 5. The molecule has 1 N–H and O–H groups in total. The van der Waals surface area contributed by atoms with Crippen molar-refractivity contribution in [1.82, 2.24) is 9.62 Å². The molecule has 3 rings (SSSR count). The Hall–Kier alpha value is -2.20. The molecule has 10 heteroatoms. The van der Waals surface area contributed by atoms with Crippen molar-refractivity contribution < 1.29 is 27.1 Å². The van der Waals surface area contributed by atoms with Gasteiger partial charge in [0.1, 0.15) is 18.2 Å². The standard InChI is InChI=1S/C19H20ClFN2O5S/c20-18-6-5-16(29(25,26)23-8-11-27-12-9-23)13-17(18)19(24)22-7-10-28-15-3-1-14(21)2-4-15/h1-6,13H,7-12H2,(H,22,24). The van der Waals surface area contributed by atoms with Crippen LogP contribution in [-0.2, 0) is 14.8 Å². The van der Waals surface area contributed by atoms with Crippen molar-refractivity contribution in [3.63, 3.8) is 0 Å². The monoisotopic (exact) mass is 442 g/mol. The summed E-state index contributed by atoms with van der Waals surface area (Å²) in [6.07, 6.45) is 0. The summed E-state index contributed by atoms with van der Waals surface area (Å²) in [5.74, 6) is -0.416. The van der Waals surface area contributed by atoms with Crippen molar-refractivity contribution in [3.8, 4) is 5.75 Å². The van der Waals surface area contributed by atoms with Crippen molar-refractivity contribution >= 4 is 27.5 Å². The van der Waals surface area contributed by atoms with Crippen molar-refractivity contribution in [2.24, 2.45) is 0 Å². The molecule has 1 aliphatic rings. The zero-order valence-corrected chi connectivity index (χ0v) is 17.0. The summed E-state index contributed by atoms with van der Waals surface area (Å²) in [4.78, 5) is 12.4. The molecule has 1 heterocycles. The van der Waals surface area contributed by atoms with Crippen LogP contribution in [0, 0.1) is 5.82 Å². The van der Waals surface area contributed by atoms with Crippen LogP contribution in [0.4, 0.5) is 4.39 Å². The first-order valence-electron chi connectivity index (χ1n) is 8.92. The molecule has 7 nitrogen and oxygen atoms in total. The van der Waals surface area contributed by atoms with E-state index in [1.807, 2.05) is 0 Å². The fourth-order valence-corrected chi connectivity index (χ4v) is 4.37. The third-order valence-corrected chi connectivity index (χ3v) is 6.48. The number of ether oxygens (including phenoxy) is 2. The largest absolute Gasteiger partial charge is 0.492 e. The maximum atomic E-state index is 12.9. The molecule has 0 radical (unpaired) electrons. The number of halogens is 2. The van der Waals surface area contributed by atoms with Crippen molar-refractivity contribution in [3.05, 3.63) is 58.9 Å². The molecule has 1 saturated heterocycles. The summed E-state index contributed by atoms with van der Waals surface area (Å²) >= 11 is 6.09. The Morgan fingerprint density at radius 3 is 2.55 bits per heavy atom. The van der Waals surface area contributed by atoms with E-state index in [-0.39, 0.29) is 47.5 Å². The fourth-order valence-electron chi connectivity index (χ4n) is 2.73. The molecule has 29 heavy (non-hydrogen) atoms. The molecule has 1 fully saturated rings. The van der Waals surface area contributed by atoms with Gasteiger partial charge in [-0.25, -0.2) is 12.8 Å². The maximum Gasteiger partial charge on any atom is 0.252 e. The molecule has 0 unspecified atom stereocenters. The van der Waals surface area contributed by atoms with Crippen LogP contribution in [0.5, 0.6) is 5.75 Å². The Morgan fingerprint density at radius 1 is 1.17 bits per heavy atom. The van der Waals surface area contributed by atoms with Gasteiger partial charge in [0.15, 0.2) is 0 Å². The summed E-state index contributed by atoms with van der Waals surface area (Å²) in [5, 5.41) is 2.77. The number of morpholine rings is 1. The first-order chi connectivity index (χ1) is 13.9. The molecule has 2 aromatic rings. The number of nitrogens with one attached hydrogen (secondary N) is 1. The van der Waals surface area contributed by atoms with Gasteiger partial charge in [-0.05, 0) is 42.5 Å². The maximum absolute atomic E-state index is 12.9. The highest BCUT2D eigenvalue weighted by atomic mass is 35.5. The molecule has 1 aliphatic heterocycles. The summed E-state index contributed by atoms with van der Waals surface area (Å²) in [7, 11) is -3.74. The van der Waals surface area contributed by atoms with E-state index >= 15 is 0 Å². The highest BCUT2D eigenvalue weighted by Gasteiger charge is 2.27. The summed E-state index contributed by atoms with van der Waals surface area (Å²) in [6, 6.07) is 9.54. The van der Waals surface area contributed by atoms with Gasteiger partial charge in [0.25, 0.3) is 5.91 Å². The average Bonchev–Trinajstić information content (AvgIpc) is 2.73. The van der Waals surface area contributed by atoms with Gasteiger partial charge in [-0.1, -0.05) is 11.6 Å². The van der Waals surface area contributed by atoms with E-state index in [1.54, 1.807) is 0 Å². The first-order valence-corrected chi connectivity index (χ1v) is 10.7. The molecule has 0 aromatic heterocycles. The molecular formula is C19H20ClFN2O5S. The smallest absolute Gasteiger partial charge is 0.252 e. The number of carbonyl (C=O) groups excluding carboxylic acids is 1. The third-order valence-electron chi connectivity index (χ3n) is 4.26. The molecule has 1 amide bonds. The second-order valence-corrected chi connectivity index (χ2v) is 8.56. The second kappa shape index (κ2) is 9.53. The molecule has 0 atom stereocenters. The van der Waals surface area contributed by atoms with Crippen LogP contribution in [0.25, 0.3) is 0 Å². The number of rotatable bonds is 7. The van der Waals surface area contributed by atoms with Gasteiger partial charge in [-0.15, -0.1) is 0 Å². The fraction of sp³-hybridized carbons (Fsp3) is 0.316. The van der Waals surface area contributed by atoms with E-state index in [0.717, 1.165) is 0 Å². The van der Waals surface area contributed by atoms with E-state index in [1.165, 1.54) is 46.8 Å². The SMILES string of the molecule is O=C(NCCOc1ccc(F)cc1)c1cc(S(=O)(=O)N2CCOCC2)ccc1Cl. The van der Waals surface area contributed by atoms with Crippen LogP contribution in [-0.4, -0.2) is 58.1 Å². The number of sulfonamides is 1. The van der Waals surface area contributed by atoms with Crippen molar-refractivity contribution in [2.45, 2.75) is 4.90 Å². The first kappa shape index (κ1) is 21.5. The van der Waals surface area contributed by atoms with Gasteiger partial charge in [-0.3, -0.25) is 4.79 Å². The molecule has 156 valence electrons. The lowest BCUT2D eigenvalue weighted by molar-refractivity contribution is 0.0730. The number of hydrogen-bond donors (Lipinski definition) is 1. The van der Waals surface area contributed by atoms with E-state index in [2.05, 4.69) is 5.32 Å². The van der Waals surface area contributed by atoms with Crippen molar-refractivity contribution in [1.29, 1.82) is 0 Å².